The summed E-state index contributed by atoms with van der Waals surface area (Å²) in [5.74, 6) is -0.216. The van der Waals surface area contributed by atoms with Gasteiger partial charge in [0.15, 0.2) is 5.13 Å². The van der Waals surface area contributed by atoms with Crippen LogP contribution in [0, 0.1) is 5.82 Å². The van der Waals surface area contributed by atoms with Crippen molar-refractivity contribution in [1.29, 1.82) is 0 Å². The first-order valence-corrected chi connectivity index (χ1v) is 9.28. The molecule has 1 fully saturated rings. The molecule has 1 aliphatic heterocycles. The minimum atomic E-state index is -0.216. The smallest absolute Gasteiger partial charge is 0.185 e. The van der Waals surface area contributed by atoms with Crippen LogP contribution in [-0.4, -0.2) is 55.8 Å². The molecule has 2 aromatic rings. The molecule has 1 unspecified atom stereocenters. The summed E-state index contributed by atoms with van der Waals surface area (Å²) >= 11 is 1.66. The van der Waals surface area contributed by atoms with Crippen LogP contribution < -0.4 is 4.90 Å². The molecule has 0 amide bonds. The Morgan fingerprint density at radius 3 is 2.79 bits per heavy atom. The number of benzene rings is 1. The topological polar surface area (TPSA) is 28.6 Å². The Balaban J connectivity index is 1.68. The highest BCUT2D eigenvalue weighted by Crippen LogP contribution is 2.29. The van der Waals surface area contributed by atoms with Gasteiger partial charge in [-0.3, -0.25) is 4.90 Å². The first kappa shape index (κ1) is 17.3. The van der Waals surface area contributed by atoms with Crippen molar-refractivity contribution in [2.45, 2.75) is 19.4 Å². The van der Waals surface area contributed by atoms with Gasteiger partial charge in [-0.1, -0.05) is 6.92 Å². The van der Waals surface area contributed by atoms with Crippen LogP contribution >= 0.6 is 11.3 Å². The monoisotopic (exact) mass is 349 g/mol. The van der Waals surface area contributed by atoms with Crippen molar-refractivity contribution in [3.8, 4) is 11.3 Å². The van der Waals surface area contributed by atoms with Crippen molar-refractivity contribution in [3.05, 3.63) is 35.5 Å². The first-order valence-electron chi connectivity index (χ1n) is 8.40. The van der Waals surface area contributed by atoms with Gasteiger partial charge in [-0.25, -0.2) is 9.37 Å². The minimum absolute atomic E-state index is 0.216. The predicted molar refractivity (Wildman–Crippen MR) is 97.2 cm³/mol. The highest BCUT2D eigenvalue weighted by atomic mass is 32.1. The molecular formula is C18H24FN3OS. The third-order valence-corrected chi connectivity index (χ3v) is 5.46. The second-order valence-corrected chi connectivity index (χ2v) is 6.90. The van der Waals surface area contributed by atoms with E-state index in [1.807, 2.05) is 0 Å². The lowest BCUT2D eigenvalue weighted by molar-refractivity contribution is 0.109. The van der Waals surface area contributed by atoms with Gasteiger partial charge in [-0.05, 0) is 30.7 Å². The number of ether oxygens (including phenoxy) is 1. The SMILES string of the molecule is CCC1CN(c2nc(-c3ccc(F)cc3)cs2)CCN1CCOC. The predicted octanol–water partition coefficient (Wildman–Crippen LogP) is 3.50. The van der Waals surface area contributed by atoms with E-state index in [9.17, 15) is 4.39 Å². The molecule has 0 saturated carbocycles. The Morgan fingerprint density at radius 2 is 2.08 bits per heavy atom. The summed E-state index contributed by atoms with van der Waals surface area (Å²) in [4.78, 5) is 9.65. The van der Waals surface area contributed by atoms with Crippen LogP contribution in [-0.2, 0) is 4.74 Å². The van der Waals surface area contributed by atoms with Crippen molar-refractivity contribution in [2.75, 3.05) is 44.8 Å². The van der Waals surface area contributed by atoms with E-state index in [1.54, 1.807) is 30.6 Å². The standard InChI is InChI=1S/C18H24FN3OS/c1-3-16-12-22(9-8-21(16)10-11-23-2)18-20-17(13-24-18)14-4-6-15(19)7-5-14/h4-7,13,16H,3,8-12H2,1-2H3. The summed E-state index contributed by atoms with van der Waals surface area (Å²) in [5.41, 5.74) is 1.88. The summed E-state index contributed by atoms with van der Waals surface area (Å²) in [6, 6.07) is 7.07. The lowest BCUT2D eigenvalue weighted by Crippen LogP contribution is -2.53. The van der Waals surface area contributed by atoms with Crippen LogP contribution in [0.5, 0.6) is 0 Å². The third-order valence-electron chi connectivity index (χ3n) is 4.56. The van der Waals surface area contributed by atoms with Gasteiger partial charge in [0.05, 0.1) is 12.3 Å². The molecule has 1 aliphatic rings. The van der Waals surface area contributed by atoms with E-state index in [2.05, 4.69) is 22.1 Å². The van der Waals surface area contributed by atoms with E-state index < -0.39 is 0 Å². The van der Waals surface area contributed by atoms with Gasteiger partial charge in [0, 0.05) is 50.3 Å². The number of hydrogen-bond donors (Lipinski definition) is 0. The van der Waals surface area contributed by atoms with Crippen LogP contribution in [0.15, 0.2) is 29.6 Å². The molecule has 130 valence electrons. The van der Waals surface area contributed by atoms with E-state index in [0.29, 0.717) is 6.04 Å². The highest BCUT2D eigenvalue weighted by molar-refractivity contribution is 7.14. The lowest BCUT2D eigenvalue weighted by Gasteiger charge is -2.41. The second-order valence-electron chi connectivity index (χ2n) is 6.06. The first-order chi connectivity index (χ1) is 11.7. The number of halogens is 1. The maximum absolute atomic E-state index is 13.1. The molecule has 0 N–H and O–H groups in total. The molecule has 0 spiro atoms. The fourth-order valence-electron chi connectivity index (χ4n) is 3.12. The van der Waals surface area contributed by atoms with E-state index in [0.717, 1.165) is 55.6 Å². The lowest BCUT2D eigenvalue weighted by atomic mass is 10.1. The average Bonchev–Trinajstić information content (AvgIpc) is 3.10. The molecule has 1 saturated heterocycles. The van der Waals surface area contributed by atoms with Gasteiger partial charge >= 0.3 is 0 Å². The zero-order chi connectivity index (χ0) is 16.9. The highest BCUT2D eigenvalue weighted by Gasteiger charge is 2.26. The molecule has 24 heavy (non-hydrogen) atoms. The number of thiazole rings is 1. The maximum atomic E-state index is 13.1. The normalized spacial score (nSPS) is 19.0. The van der Waals surface area contributed by atoms with E-state index in [4.69, 9.17) is 9.72 Å². The molecule has 0 radical (unpaired) electrons. The van der Waals surface area contributed by atoms with Gasteiger partial charge in [-0.15, -0.1) is 11.3 Å². The minimum Gasteiger partial charge on any atom is -0.383 e. The summed E-state index contributed by atoms with van der Waals surface area (Å²) in [6.45, 7) is 7.02. The maximum Gasteiger partial charge on any atom is 0.185 e. The van der Waals surface area contributed by atoms with Crippen molar-refractivity contribution in [3.63, 3.8) is 0 Å². The van der Waals surface area contributed by atoms with Gasteiger partial charge in [-0.2, -0.15) is 0 Å². The quantitative estimate of drug-likeness (QED) is 0.798. The third kappa shape index (κ3) is 3.94. The number of anilines is 1. The summed E-state index contributed by atoms with van der Waals surface area (Å²) < 4.78 is 18.3. The number of aromatic nitrogens is 1. The average molecular weight is 349 g/mol. The van der Waals surface area contributed by atoms with E-state index in [1.165, 1.54) is 12.1 Å². The van der Waals surface area contributed by atoms with Crippen molar-refractivity contribution >= 4 is 16.5 Å². The number of piperazine rings is 1. The van der Waals surface area contributed by atoms with Crippen LogP contribution in [0.25, 0.3) is 11.3 Å². The van der Waals surface area contributed by atoms with Crippen molar-refractivity contribution < 1.29 is 9.13 Å². The molecule has 6 heteroatoms. The molecule has 4 nitrogen and oxygen atoms in total. The summed E-state index contributed by atoms with van der Waals surface area (Å²) in [6.07, 6.45) is 1.12. The number of rotatable bonds is 6. The molecule has 0 aliphatic carbocycles. The zero-order valence-electron chi connectivity index (χ0n) is 14.2. The zero-order valence-corrected chi connectivity index (χ0v) is 15.1. The Hall–Kier alpha value is -1.50. The second kappa shape index (κ2) is 8.05. The molecule has 1 aromatic heterocycles. The molecule has 1 atom stereocenters. The van der Waals surface area contributed by atoms with Crippen molar-refractivity contribution in [2.24, 2.45) is 0 Å². The molecule has 3 rings (SSSR count). The van der Waals surface area contributed by atoms with Crippen LogP contribution in [0.2, 0.25) is 0 Å². The van der Waals surface area contributed by atoms with Crippen LogP contribution in [0.3, 0.4) is 0 Å². The Morgan fingerprint density at radius 1 is 1.29 bits per heavy atom. The van der Waals surface area contributed by atoms with Crippen LogP contribution in [0.1, 0.15) is 13.3 Å². The Kier molecular flexibility index (Phi) is 5.81. The molecular weight excluding hydrogens is 325 g/mol. The van der Waals surface area contributed by atoms with Gasteiger partial charge in [0.1, 0.15) is 5.82 Å². The van der Waals surface area contributed by atoms with Gasteiger partial charge < -0.3 is 9.64 Å². The molecule has 0 bridgehead atoms. The van der Waals surface area contributed by atoms with Gasteiger partial charge in [0.25, 0.3) is 0 Å². The molecule has 2 heterocycles. The fourth-order valence-corrected chi connectivity index (χ4v) is 3.99. The van der Waals surface area contributed by atoms with Crippen molar-refractivity contribution in [1.82, 2.24) is 9.88 Å². The van der Waals surface area contributed by atoms with E-state index >= 15 is 0 Å². The number of methoxy groups -OCH3 is 1. The Labute approximate surface area is 146 Å². The number of hydrogen-bond acceptors (Lipinski definition) is 5. The van der Waals surface area contributed by atoms with E-state index in [-0.39, 0.29) is 5.82 Å². The largest absolute Gasteiger partial charge is 0.383 e. The fraction of sp³-hybridized carbons (Fsp3) is 0.500. The number of nitrogens with zero attached hydrogens (tertiary/aromatic N) is 3. The summed E-state index contributed by atoms with van der Waals surface area (Å²) in [5, 5.41) is 3.11. The Bertz CT molecular complexity index is 646. The molecule has 1 aromatic carbocycles. The van der Waals surface area contributed by atoms with Gasteiger partial charge in [0.2, 0.25) is 0 Å². The van der Waals surface area contributed by atoms with Crippen LogP contribution in [0.4, 0.5) is 9.52 Å². The summed E-state index contributed by atoms with van der Waals surface area (Å²) in [7, 11) is 1.75.